The quantitative estimate of drug-likeness (QED) is 0.455. The van der Waals surface area contributed by atoms with E-state index >= 15 is 0 Å². The van der Waals surface area contributed by atoms with E-state index in [0.717, 1.165) is 18.2 Å². The average molecular weight is 429 g/mol. The second-order valence-corrected chi connectivity index (χ2v) is 5.80. The maximum Gasteiger partial charge on any atom is 0.387 e. The fourth-order valence-electron chi connectivity index (χ4n) is 2.48. The molecule has 1 N–H and O–H groups in total. The molecule has 0 atom stereocenters. The Bertz CT molecular complexity index is 918. The van der Waals surface area contributed by atoms with Crippen LogP contribution in [0.2, 0.25) is 0 Å². The minimum atomic E-state index is -3.19. The zero-order valence-electron chi connectivity index (χ0n) is 16.2. The molecule has 30 heavy (non-hydrogen) atoms. The number of benzene rings is 2. The highest BCUT2D eigenvalue weighted by Gasteiger charge is 2.13. The summed E-state index contributed by atoms with van der Waals surface area (Å²) in [6.45, 7) is -4.57. The standard InChI is InChI=1S/C20H19F4NO5/c1-11-8-16(27-2)17(28-3)10-14(11)25-18(26)7-5-12-4-6-13(29-19(21)22)9-15(12)30-20(23)24/h4-10,19-20H,1-3H3,(H,25,26). The van der Waals surface area contributed by atoms with E-state index in [2.05, 4.69) is 14.8 Å². The van der Waals surface area contributed by atoms with E-state index in [1.807, 2.05) is 0 Å². The summed E-state index contributed by atoms with van der Waals surface area (Å²) in [6, 6.07) is 6.48. The van der Waals surface area contributed by atoms with E-state index in [0.29, 0.717) is 22.7 Å². The summed E-state index contributed by atoms with van der Waals surface area (Å²) in [4.78, 5) is 12.3. The third-order valence-electron chi connectivity index (χ3n) is 3.83. The van der Waals surface area contributed by atoms with Gasteiger partial charge >= 0.3 is 13.2 Å². The van der Waals surface area contributed by atoms with Crippen molar-refractivity contribution in [2.75, 3.05) is 19.5 Å². The first-order valence-electron chi connectivity index (χ1n) is 8.48. The van der Waals surface area contributed by atoms with Crippen molar-refractivity contribution < 1.29 is 41.3 Å². The minimum Gasteiger partial charge on any atom is -0.493 e. The molecule has 0 bridgehead atoms. The summed E-state index contributed by atoms with van der Waals surface area (Å²) >= 11 is 0. The molecule has 0 aliphatic heterocycles. The van der Waals surface area contributed by atoms with Gasteiger partial charge in [-0.15, -0.1) is 0 Å². The first-order valence-corrected chi connectivity index (χ1v) is 8.48. The van der Waals surface area contributed by atoms with E-state index in [-0.39, 0.29) is 11.3 Å². The molecule has 2 aromatic rings. The number of rotatable bonds is 9. The zero-order valence-corrected chi connectivity index (χ0v) is 16.2. The molecule has 0 fully saturated rings. The van der Waals surface area contributed by atoms with Crippen LogP contribution in [0.3, 0.4) is 0 Å². The van der Waals surface area contributed by atoms with Crippen LogP contribution in [-0.2, 0) is 4.79 Å². The van der Waals surface area contributed by atoms with Gasteiger partial charge in [-0.3, -0.25) is 4.79 Å². The Balaban J connectivity index is 2.21. The molecule has 2 aromatic carbocycles. The number of anilines is 1. The Hall–Kier alpha value is -3.43. The lowest BCUT2D eigenvalue weighted by Crippen LogP contribution is -2.10. The highest BCUT2D eigenvalue weighted by Crippen LogP contribution is 2.33. The van der Waals surface area contributed by atoms with Gasteiger partial charge in [0, 0.05) is 29.5 Å². The van der Waals surface area contributed by atoms with E-state index in [1.165, 1.54) is 26.4 Å². The van der Waals surface area contributed by atoms with Gasteiger partial charge in [-0.2, -0.15) is 17.6 Å². The topological polar surface area (TPSA) is 66.0 Å². The van der Waals surface area contributed by atoms with Gasteiger partial charge in [0.1, 0.15) is 11.5 Å². The number of methoxy groups -OCH3 is 2. The SMILES string of the molecule is COc1cc(C)c(NC(=O)C=Cc2ccc(OC(F)F)cc2OC(F)F)cc1OC. The van der Waals surface area contributed by atoms with Gasteiger partial charge in [-0.05, 0) is 36.8 Å². The van der Waals surface area contributed by atoms with E-state index in [4.69, 9.17) is 9.47 Å². The van der Waals surface area contributed by atoms with Crippen LogP contribution < -0.4 is 24.3 Å². The molecule has 6 nitrogen and oxygen atoms in total. The number of alkyl halides is 4. The molecule has 1 amide bonds. The lowest BCUT2D eigenvalue weighted by Gasteiger charge is -2.13. The van der Waals surface area contributed by atoms with Crippen molar-refractivity contribution in [3.8, 4) is 23.0 Å². The molecule has 162 valence electrons. The molecular formula is C20H19F4NO5. The molecule has 0 saturated carbocycles. The van der Waals surface area contributed by atoms with Crippen LogP contribution in [0.25, 0.3) is 6.08 Å². The van der Waals surface area contributed by atoms with E-state index in [9.17, 15) is 22.4 Å². The number of ether oxygens (including phenoxy) is 4. The number of amides is 1. The van der Waals surface area contributed by atoms with Gasteiger partial charge in [-0.1, -0.05) is 0 Å². The normalized spacial score (nSPS) is 11.1. The number of nitrogens with one attached hydrogen (secondary N) is 1. The van der Waals surface area contributed by atoms with Crippen LogP contribution in [0.15, 0.2) is 36.4 Å². The molecule has 0 aliphatic carbocycles. The summed E-state index contributed by atoms with van der Waals surface area (Å²) in [6.07, 6.45) is 2.28. The molecule has 0 aromatic heterocycles. The number of aryl methyl sites for hydroxylation is 1. The fraction of sp³-hybridized carbons (Fsp3) is 0.250. The van der Waals surface area contributed by atoms with Crippen LogP contribution >= 0.6 is 0 Å². The van der Waals surface area contributed by atoms with Gasteiger partial charge in [0.15, 0.2) is 11.5 Å². The van der Waals surface area contributed by atoms with Gasteiger partial charge in [0.2, 0.25) is 5.91 Å². The summed E-state index contributed by atoms with van der Waals surface area (Å²) in [5, 5.41) is 2.63. The smallest absolute Gasteiger partial charge is 0.387 e. The molecule has 0 aliphatic rings. The van der Waals surface area contributed by atoms with Crippen molar-refractivity contribution in [3.05, 3.63) is 47.5 Å². The van der Waals surface area contributed by atoms with Crippen molar-refractivity contribution in [1.29, 1.82) is 0 Å². The number of halogens is 4. The molecule has 10 heteroatoms. The summed E-state index contributed by atoms with van der Waals surface area (Å²) in [5.41, 5.74) is 1.22. The highest BCUT2D eigenvalue weighted by atomic mass is 19.3. The van der Waals surface area contributed by atoms with Gasteiger partial charge < -0.3 is 24.3 Å². The minimum absolute atomic E-state index is 0.0658. The first-order chi connectivity index (χ1) is 14.2. The van der Waals surface area contributed by atoms with E-state index in [1.54, 1.807) is 19.1 Å². The summed E-state index contributed by atoms with van der Waals surface area (Å²) < 4.78 is 68.7. The third-order valence-corrected chi connectivity index (χ3v) is 3.83. The summed E-state index contributed by atoms with van der Waals surface area (Å²) in [5.74, 6) is -0.452. The Kier molecular flexibility index (Phi) is 7.90. The monoisotopic (exact) mass is 429 g/mol. The molecule has 0 radical (unpaired) electrons. The Morgan fingerprint density at radius 3 is 2.17 bits per heavy atom. The zero-order chi connectivity index (χ0) is 22.3. The molecule has 0 spiro atoms. The molecule has 0 heterocycles. The molecule has 0 unspecified atom stereocenters. The molecule has 0 saturated heterocycles. The maximum atomic E-state index is 12.6. The summed E-state index contributed by atoms with van der Waals surface area (Å²) in [7, 11) is 2.93. The van der Waals surface area contributed by atoms with Gasteiger partial charge in [0.25, 0.3) is 0 Å². The highest BCUT2D eigenvalue weighted by molar-refractivity contribution is 6.02. The van der Waals surface area contributed by atoms with Crippen molar-refractivity contribution in [1.82, 2.24) is 0 Å². The maximum absolute atomic E-state index is 12.6. The second kappa shape index (κ2) is 10.4. The Morgan fingerprint density at radius 1 is 0.933 bits per heavy atom. The predicted molar refractivity (Wildman–Crippen MR) is 102 cm³/mol. The third kappa shape index (κ3) is 6.29. The van der Waals surface area contributed by atoms with Crippen molar-refractivity contribution >= 4 is 17.7 Å². The fourth-order valence-corrected chi connectivity index (χ4v) is 2.48. The number of hydrogen-bond acceptors (Lipinski definition) is 5. The Morgan fingerprint density at radius 2 is 1.57 bits per heavy atom. The number of carbonyl (C=O) groups is 1. The van der Waals surface area contributed by atoms with Crippen molar-refractivity contribution in [2.45, 2.75) is 20.1 Å². The van der Waals surface area contributed by atoms with Gasteiger partial charge in [-0.25, -0.2) is 0 Å². The van der Waals surface area contributed by atoms with E-state index < -0.39 is 24.9 Å². The average Bonchev–Trinajstić information content (AvgIpc) is 2.67. The van der Waals surface area contributed by atoms with Crippen molar-refractivity contribution in [3.63, 3.8) is 0 Å². The number of carbonyl (C=O) groups excluding carboxylic acids is 1. The van der Waals surface area contributed by atoms with Crippen LogP contribution in [0.1, 0.15) is 11.1 Å². The first kappa shape index (κ1) is 22.9. The van der Waals surface area contributed by atoms with Crippen LogP contribution in [0.5, 0.6) is 23.0 Å². The predicted octanol–water partition coefficient (Wildman–Crippen LogP) is 4.87. The van der Waals surface area contributed by atoms with Crippen LogP contribution in [0, 0.1) is 6.92 Å². The Labute approximate surface area is 170 Å². The van der Waals surface area contributed by atoms with Gasteiger partial charge in [0.05, 0.1) is 14.2 Å². The van der Waals surface area contributed by atoms with Crippen molar-refractivity contribution in [2.24, 2.45) is 0 Å². The second-order valence-electron chi connectivity index (χ2n) is 5.80. The lowest BCUT2D eigenvalue weighted by atomic mass is 10.1. The largest absolute Gasteiger partial charge is 0.493 e. The molecular weight excluding hydrogens is 410 g/mol. The van der Waals surface area contributed by atoms with Crippen LogP contribution in [-0.4, -0.2) is 33.3 Å². The lowest BCUT2D eigenvalue weighted by molar-refractivity contribution is -0.111. The van der Waals surface area contributed by atoms with Crippen LogP contribution in [0.4, 0.5) is 23.2 Å². The number of hydrogen-bond donors (Lipinski definition) is 1. The molecule has 2 rings (SSSR count).